The molecule has 0 saturated carbocycles. The molecule has 2 aromatic heterocycles. The van der Waals surface area contributed by atoms with Gasteiger partial charge in [0, 0.05) is 58.6 Å². The second kappa shape index (κ2) is 14.4. The molecule has 2 aliphatic heterocycles. The zero-order valence-electron chi connectivity index (χ0n) is 19.7. The van der Waals surface area contributed by atoms with Crippen molar-refractivity contribution >= 4 is 17.5 Å². The molecule has 0 radical (unpaired) electrons. The molecule has 2 fully saturated rings. The van der Waals surface area contributed by atoms with Crippen molar-refractivity contribution in [2.45, 2.75) is 42.0 Å². The van der Waals surface area contributed by atoms with E-state index in [1.54, 1.807) is 6.92 Å². The predicted molar refractivity (Wildman–Crippen MR) is 134 cm³/mol. The molecule has 4 heterocycles. The summed E-state index contributed by atoms with van der Waals surface area (Å²) in [6.07, 6.45) is 3.70. The molecule has 4 rings (SSSR count). The van der Waals surface area contributed by atoms with Gasteiger partial charge >= 0.3 is 0 Å². The minimum Gasteiger partial charge on any atom is -0.378 e. The van der Waals surface area contributed by atoms with Crippen molar-refractivity contribution in [3.8, 4) is 0 Å². The van der Waals surface area contributed by atoms with E-state index in [1.165, 1.54) is 11.1 Å². The first-order valence-corrected chi connectivity index (χ1v) is 11.2. The first kappa shape index (κ1) is 27.4. The molecule has 0 N–H and O–H groups in total. The van der Waals surface area contributed by atoms with Gasteiger partial charge < -0.3 is 19.4 Å². The summed E-state index contributed by atoms with van der Waals surface area (Å²) in [6, 6.07) is 8.22. The average molecular weight is 444 g/mol. The number of aryl methyl sites for hydroxylation is 2. The molecule has 1 amide bonds. The minimum absolute atomic E-state index is 0. The Kier molecular flexibility index (Phi) is 12.3. The fourth-order valence-corrected chi connectivity index (χ4v) is 3.43. The highest BCUT2D eigenvalue weighted by molar-refractivity contribution is 5.73. The summed E-state index contributed by atoms with van der Waals surface area (Å²) >= 11 is 0. The van der Waals surface area contributed by atoms with E-state index in [0.717, 1.165) is 64.1 Å². The second-order valence-electron chi connectivity index (χ2n) is 7.48. The second-order valence-corrected chi connectivity index (χ2v) is 7.48. The topological polar surface area (TPSA) is 61.8 Å². The van der Waals surface area contributed by atoms with Crippen LogP contribution in [0, 0.1) is 13.8 Å². The van der Waals surface area contributed by atoms with Crippen LogP contribution in [0.25, 0.3) is 0 Å². The number of morpholine rings is 1. The summed E-state index contributed by atoms with van der Waals surface area (Å²) in [7, 11) is 0. The van der Waals surface area contributed by atoms with E-state index < -0.39 is 0 Å². The van der Waals surface area contributed by atoms with Gasteiger partial charge in [-0.3, -0.25) is 4.79 Å². The Morgan fingerprint density at radius 2 is 1.25 bits per heavy atom. The van der Waals surface area contributed by atoms with Crippen molar-refractivity contribution in [3.63, 3.8) is 0 Å². The van der Waals surface area contributed by atoms with Crippen LogP contribution < -0.4 is 9.80 Å². The Morgan fingerprint density at radius 3 is 1.66 bits per heavy atom. The summed E-state index contributed by atoms with van der Waals surface area (Å²) in [5.41, 5.74) is 2.48. The zero-order chi connectivity index (χ0) is 22.6. The molecule has 0 spiro atoms. The third-order valence-corrected chi connectivity index (χ3v) is 5.19. The highest BCUT2D eigenvalue weighted by Gasteiger charge is 2.19. The number of anilines is 2. The monoisotopic (exact) mass is 443 g/mol. The predicted octanol–water partition coefficient (Wildman–Crippen LogP) is 3.95. The third-order valence-electron chi connectivity index (χ3n) is 5.19. The Hall–Kier alpha value is -2.67. The number of pyridine rings is 2. The maximum atomic E-state index is 11.2. The zero-order valence-corrected chi connectivity index (χ0v) is 19.7. The molecular weight excluding hydrogens is 402 g/mol. The van der Waals surface area contributed by atoms with Gasteiger partial charge in [-0.2, -0.15) is 0 Å². The quantitative estimate of drug-likeness (QED) is 0.700. The molecule has 7 nitrogen and oxygen atoms in total. The molecule has 0 aromatic carbocycles. The maximum Gasteiger partial charge on any atom is 0.219 e. The minimum atomic E-state index is 0. The van der Waals surface area contributed by atoms with Gasteiger partial charge in [0.15, 0.2) is 0 Å². The standard InChI is InChI=1S/C12H17N3O.C10H14N2O.C2H6.CH4/c1-10-3-4-13-12(9-10)15-7-5-14(6-8-15)11(2)16;1-9-2-3-11-10(8-9)12-4-6-13-7-5-12;1-2;/h3-4,9H,5-8H2,1-2H3;2-3,8H,4-7H2,1H3;1-2H3;1H4. The van der Waals surface area contributed by atoms with Crippen LogP contribution in [0.15, 0.2) is 36.7 Å². The lowest BCUT2D eigenvalue weighted by molar-refractivity contribution is -0.129. The van der Waals surface area contributed by atoms with E-state index in [1.807, 2.05) is 43.3 Å². The Morgan fingerprint density at radius 1 is 0.812 bits per heavy atom. The Labute approximate surface area is 194 Å². The molecule has 2 saturated heterocycles. The number of nitrogens with zero attached hydrogens (tertiary/aromatic N) is 5. The number of rotatable bonds is 2. The summed E-state index contributed by atoms with van der Waals surface area (Å²) in [4.78, 5) is 26.2. The summed E-state index contributed by atoms with van der Waals surface area (Å²) in [6.45, 7) is 16.7. The van der Waals surface area contributed by atoms with Gasteiger partial charge in [0.05, 0.1) is 13.2 Å². The smallest absolute Gasteiger partial charge is 0.219 e. The number of carbonyl (C=O) groups is 1. The number of carbonyl (C=O) groups excluding carboxylic acids is 1. The van der Waals surface area contributed by atoms with Crippen molar-refractivity contribution in [1.82, 2.24) is 14.9 Å². The van der Waals surface area contributed by atoms with Crippen LogP contribution in [0.1, 0.15) is 39.3 Å². The van der Waals surface area contributed by atoms with Crippen molar-refractivity contribution in [3.05, 3.63) is 47.8 Å². The van der Waals surface area contributed by atoms with E-state index in [2.05, 4.69) is 45.7 Å². The molecule has 0 bridgehead atoms. The molecule has 2 aliphatic rings. The van der Waals surface area contributed by atoms with Crippen molar-refractivity contribution in [2.75, 3.05) is 62.3 Å². The van der Waals surface area contributed by atoms with Crippen LogP contribution in [-0.2, 0) is 9.53 Å². The molecule has 32 heavy (non-hydrogen) atoms. The third kappa shape index (κ3) is 8.46. The maximum absolute atomic E-state index is 11.2. The van der Waals surface area contributed by atoms with E-state index >= 15 is 0 Å². The van der Waals surface area contributed by atoms with Gasteiger partial charge in [-0.25, -0.2) is 9.97 Å². The average Bonchev–Trinajstić information content (AvgIpc) is 2.81. The molecule has 0 atom stereocenters. The highest BCUT2D eigenvalue weighted by Crippen LogP contribution is 2.15. The summed E-state index contributed by atoms with van der Waals surface area (Å²) in [5.74, 6) is 2.25. The van der Waals surface area contributed by atoms with Crippen LogP contribution in [0.5, 0.6) is 0 Å². The van der Waals surface area contributed by atoms with Crippen LogP contribution >= 0.6 is 0 Å². The van der Waals surface area contributed by atoms with E-state index in [-0.39, 0.29) is 13.3 Å². The summed E-state index contributed by atoms with van der Waals surface area (Å²) < 4.78 is 5.28. The number of hydrogen-bond acceptors (Lipinski definition) is 6. The number of ether oxygens (including phenoxy) is 1. The van der Waals surface area contributed by atoms with Gasteiger partial charge in [0.2, 0.25) is 5.91 Å². The van der Waals surface area contributed by atoms with Crippen molar-refractivity contribution in [2.24, 2.45) is 0 Å². The first-order chi connectivity index (χ1) is 15.0. The van der Waals surface area contributed by atoms with Crippen molar-refractivity contribution < 1.29 is 9.53 Å². The van der Waals surface area contributed by atoms with Crippen LogP contribution in [0.2, 0.25) is 0 Å². The van der Waals surface area contributed by atoms with Crippen molar-refractivity contribution in [1.29, 1.82) is 0 Å². The number of hydrogen-bond donors (Lipinski definition) is 0. The number of piperazine rings is 1. The normalized spacial score (nSPS) is 15.5. The lowest BCUT2D eigenvalue weighted by Gasteiger charge is -2.34. The van der Waals surface area contributed by atoms with Crippen LogP contribution in [-0.4, -0.2) is 73.3 Å². The lowest BCUT2D eigenvalue weighted by Crippen LogP contribution is -2.48. The fourth-order valence-electron chi connectivity index (χ4n) is 3.43. The van der Waals surface area contributed by atoms with E-state index in [9.17, 15) is 4.79 Å². The molecular formula is C25H41N5O2. The van der Waals surface area contributed by atoms with Crippen LogP contribution in [0.4, 0.5) is 11.6 Å². The molecule has 2 aromatic rings. The SMILES string of the molecule is C.CC.CC(=O)N1CCN(c2cc(C)ccn2)CC1.Cc1ccnc(N2CCOCC2)c1. The fraction of sp³-hybridized carbons (Fsp3) is 0.560. The molecule has 0 unspecified atom stereocenters. The Bertz CT molecular complexity index is 800. The van der Waals surface area contributed by atoms with Crippen LogP contribution in [0.3, 0.4) is 0 Å². The Balaban J connectivity index is 0.000000293. The molecule has 7 heteroatoms. The highest BCUT2D eigenvalue weighted by atomic mass is 16.5. The van der Waals surface area contributed by atoms with Gasteiger partial charge in [-0.15, -0.1) is 0 Å². The largest absolute Gasteiger partial charge is 0.378 e. The van der Waals surface area contributed by atoms with Gasteiger partial charge in [0.25, 0.3) is 0 Å². The van der Waals surface area contributed by atoms with Gasteiger partial charge in [-0.05, 0) is 49.2 Å². The number of amides is 1. The van der Waals surface area contributed by atoms with E-state index in [0.29, 0.717) is 0 Å². The molecule has 178 valence electrons. The molecule has 0 aliphatic carbocycles. The first-order valence-electron chi connectivity index (χ1n) is 11.2. The summed E-state index contributed by atoms with van der Waals surface area (Å²) in [5, 5.41) is 0. The van der Waals surface area contributed by atoms with E-state index in [4.69, 9.17) is 4.74 Å². The lowest BCUT2D eigenvalue weighted by atomic mass is 10.2. The van der Waals surface area contributed by atoms with Gasteiger partial charge in [-0.1, -0.05) is 21.3 Å². The van der Waals surface area contributed by atoms with Gasteiger partial charge in [0.1, 0.15) is 11.6 Å². The number of aromatic nitrogens is 2.